The molecule has 0 radical (unpaired) electrons. The van der Waals surface area contributed by atoms with Crippen LogP contribution in [0.3, 0.4) is 0 Å². The SMILES string of the molecule is CCO.Cl.Cl.ClCCCN1CCCCC1.N=S(N)CCCN1CCCC1.NC(N)=S.SCCCN1CCCCC1.[Na+].[OH-]. The second-order valence-corrected chi connectivity index (χ2v) is 12.2. The number of thiocarbonyl (C=S) groups is 1. The van der Waals surface area contributed by atoms with Gasteiger partial charge in [0.25, 0.3) is 0 Å². The summed E-state index contributed by atoms with van der Waals surface area (Å²) in [6.07, 6.45) is 14.7. The third-order valence-electron chi connectivity index (χ3n) is 6.18. The van der Waals surface area contributed by atoms with E-state index in [-0.39, 0.29) is 71.6 Å². The molecule has 0 saturated carbocycles. The average Bonchev–Trinajstić information content (AvgIpc) is 3.42. The largest absolute Gasteiger partial charge is 1.00 e. The Bertz CT molecular complexity index is 515. The number of hydrogen-bond acceptors (Lipinski definition) is 8. The molecule has 1 atom stereocenters. The molecule has 9 N–H and O–H groups in total. The maximum absolute atomic E-state index is 7.57. The molecule has 0 aliphatic carbocycles. The fraction of sp³-hybridized carbons (Fsp3) is 0.962. The van der Waals surface area contributed by atoms with Gasteiger partial charge < -0.3 is 36.7 Å². The number of rotatable bonds is 10. The molecule has 42 heavy (non-hydrogen) atoms. The molecule has 3 fully saturated rings. The molecule has 0 aromatic carbocycles. The number of nitrogens with zero attached hydrogens (tertiary/aromatic N) is 3. The van der Waals surface area contributed by atoms with Gasteiger partial charge in [-0.15, -0.1) is 36.4 Å². The van der Waals surface area contributed by atoms with Crippen LogP contribution >= 0.6 is 61.3 Å². The van der Waals surface area contributed by atoms with Crippen molar-refractivity contribution in [2.24, 2.45) is 16.6 Å². The van der Waals surface area contributed by atoms with Crippen LogP contribution in [0.25, 0.3) is 0 Å². The van der Waals surface area contributed by atoms with Gasteiger partial charge in [0.05, 0.1) is 0 Å². The van der Waals surface area contributed by atoms with E-state index in [1.807, 2.05) is 0 Å². The van der Waals surface area contributed by atoms with Gasteiger partial charge in [0.2, 0.25) is 0 Å². The Balaban J connectivity index is -0.0000000999. The van der Waals surface area contributed by atoms with E-state index in [4.69, 9.17) is 26.6 Å². The number of hydrogen-bond donors (Lipinski definition) is 6. The average molecular weight is 731 g/mol. The zero-order valence-corrected chi connectivity index (χ0v) is 33.3. The summed E-state index contributed by atoms with van der Waals surface area (Å²) < 4.78 is 7.14. The molecule has 3 aliphatic rings. The summed E-state index contributed by atoms with van der Waals surface area (Å²) in [4.78, 5) is 7.54. The van der Waals surface area contributed by atoms with Gasteiger partial charge in [-0.25, -0.2) is 0 Å². The van der Waals surface area contributed by atoms with E-state index in [1.54, 1.807) is 6.92 Å². The number of thiol groups is 1. The number of halogens is 3. The van der Waals surface area contributed by atoms with E-state index in [0.717, 1.165) is 36.8 Å². The predicted molar refractivity (Wildman–Crippen MR) is 194 cm³/mol. The predicted octanol–water partition coefficient (Wildman–Crippen LogP) is 1.48. The number of alkyl halides is 1. The number of aliphatic hydroxyl groups excluding tert-OH is 1. The van der Waals surface area contributed by atoms with Gasteiger partial charge >= 0.3 is 29.6 Å². The minimum atomic E-state index is -0.592. The van der Waals surface area contributed by atoms with Crippen molar-refractivity contribution in [3.05, 3.63) is 0 Å². The van der Waals surface area contributed by atoms with E-state index in [1.165, 1.54) is 110 Å². The van der Waals surface area contributed by atoms with Gasteiger partial charge in [-0.3, -0.25) is 9.92 Å². The molecule has 0 aromatic heterocycles. The molecule has 3 saturated heterocycles. The minimum Gasteiger partial charge on any atom is -0.870 e. The second-order valence-electron chi connectivity index (χ2n) is 9.68. The number of nitrogens with one attached hydrogen (secondary N) is 1. The Hall–Kier alpha value is 1.82. The normalized spacial score (nSPS) is 17.0. The van der Waals surface area contributed by atoms with Crippen molar-refractivity contribution < 1.29 is 40.1 Å². The van der Waals surface area contributed by atoms with Crippen molar-refractivity contribution in [3.63, 3.8) is 0 Å². The molecular weight excluding hydrogens is 668 g/mol. The summed E-state index contributed by atoms with van der Waals surface area (Å²) in [7, 11) is -0.592. The molecule has 9 nitrogen and oxygen atoms in total. The molecule has 1 unspecified atom stereocenters. The van der Waals surface area contributed by atoms with Crippen LogP contribution in [-0.4, -0.2) is 113 Å². The van der Waals surface area contributed by atoms with Gasteiger partial charge in [0, 0.05) is 18.2 Å². The number of likely N-dealkylation sites (tertiary alicyclic amines) is 3. The molecule has 0 amide bonds. The first-order valence-electron chi connectivity index (χ1n) is 14.5. The van der Waals surface area contributed by atoms with E-state index < -0.39 is 10.9 Å². The van der Waals surface area contributed by atoms with Crippen LogP contribution in [0.4, 0.5) is 0 Å². The summed E-state index contributed by atoms with van der Waals surface area (Å²) in [5.74, 6) is 2.73. The minimum absolute atomic E-state index is 0. The Morgan fingerprint density at radius 1 is 0.810 bits per heavy atom. The third kappa shape index (κ3) is 46.2. The number of nitrogens with two attached hydrogens (primary N) is 3. The Kier molecular flexibility index (Phi) is 60.1. The van der Waals surface area contributed by atoms with E-state index in [0.29, 0.717) is 0 Å². The van der Waals surface area contributed by atoms with Gasteiger partial charge in [-0.05, 0) is 152 Å². The van der Waals surface area contributed by atoms with Crippen molar-refractivity contribution in [2.75, 3.05) is 82.9 Å². The molecule has 0 aromatic rings. The van der Waals surface area contributed by atoms with Gasteiger partial charge in [-0.1, -0.05) is 12.8 Å². The fourth-order valence-corrected chi connectivity index (χ4v) is 5.09. The summed E-state index contributed by atoms with van der Waals surface area (Å²) >= 11 is 13.9. The maximum atomic E-state index is 7.57. The van der Waals surface area contributed by atoms with E-state index >= 15 is 0 Å². The molecule has 0 bridgehead atoms. The quantitative estimate of drug-likeness (QED) is 0.0847. The van der Waals surface area contributed by atoms with Crippen LogP contribution in [0.15, 0.2) is 0 Å². The summed E-state index contributed by atoms with van der Waals surface area (Å²) in [5, 5.41) is 12.9. The summed E-state index contributed by atoms with van der Waals surface area (Å²) in [6, 6.07) is 0. The van der Waals surface area contributed by atoms with E-state index in [9.17, 15) is 0 Å². The van der Waals surface area contributed by atoms with Gasteiger partial charge in [-0.2, -0.15) is 12.6 Å². The molecular formula is C26H63Cl3N7NaO2S3. The first kappa shape index (κ1) is 56.2. The Morgan fingerprint density at radius 2 is 1.10 bits per heavy atom. The maximum Gasteiger partial charge on any atom is 1.00 e. The van der Waals surface area contributed by atoms with Crippen LogP contribution < -0.4 is 46.2 Å². The standard InChI is InChI=1S/C8H16ClN.C8H17NS.C7H17N3S.C2H6O.CH4N2S.2ClH.Na.H2O/c9-5-4-8-10-6-2-1-3-7-10;10-8-4-7-9-5-2-1-3-6-9;8-11(9)7-3-6-10-4-1-2-5-10;1-2-3;2-1(3)4;;;;/h1-8H2;10H,1-8H2;1-7H2,(H3,8,9);3H,2H2,1H3;(H4,2,3,4);2*1H;;1H2/q;;;;;;;+1;/p-1. The topological polar surface area (TPSA) is 162 Å². The van der Waals surface area contributed by atoms with Gasteiger partial charge in [0.15, 0.2) is 5.11 Å². The number of piperidine rings is 2. The summed E-state index contributed by atoms with van der Waals surface area (Å²) in [6.45, 7) is 13.3. The van der Waals surface area contributed by atoms with Crippen molar-refractivity contribution in [1.29, 1.82) is 4.78 Å². The van der Waals surface area contributed by atoms with Crippen LogP contribution in [0.2, 0.25) is 0 Å². The third-order valence-corrected chi connectivity index (χ3v) is 7.49. The number of aliphatic hydroxyl groups is 1. The monoisotopic (exact) mass is 729 g/mol. The molecule has 3 rings (SSSR count). The Morgan fingerprint density at radius 3 is 1.38 bits per heavy atom. The first-order valence-corrected chi connectivity index (χ1v) is 17.5. The molecule has 0 spiro atoms. The molecule has 3 heterocycles. The van der Waals surface area contributed by atoms with E-state index in [2.05, 4.69) is 51.0 Å². The van der Waals surface area contributed by atoms with Crippen LogP contribution in [0.1, 0.15) is 77.6 Å². The van der Waals surface area contributed by atoms with Crippen molar-refractivity contribution >= 4 is 77.3 Å². The van der Waals surface area contributed by atoms with Crippen molar-refractivity contribution in [2.45, 2.75) is 77.6 Å². The first-order chi connectivity index (χ1) is 18.3. The zero-order valence-electron chi connectivity index (χ0n) is 26.4. The van der Waals surface area contributed by atoms with Crippen LogP contribution in [0, 0.1) is 4.78 Å². The fourth-order valence-electron chi connectivity index (χ4n) is 4.39. The molecule has 3 aliphatic heterocycles. The Labute approximate surface area is 311 Å². The smallest absolute Gasteiger partial charge is 0.870 e. The molecule has 16 heteroatoms. The molecule has 254 valence electrons. The van der Waals surface area contributed by atoms with Crippen LogP contribution in [0.5, 0.6) is 0 Å². The van der Waals surface area contributed by atoms with Crippen molar-refractivity contribution in [1.82, 2.24) is 14.7 Å². The van der Waals surface area contributed by atoms with Crippen LogP contribution in [-0.2, 0) is 10.9 Å². The zero-order chi connectivity index (χ0) is 28.9. The van der Waals surface area contributed by atoms with Crippen molar-refractivity contribution in [3.8, 4) is 0 Å². The second kappa shape index (κ2) is 44.9. The summed E-state index contributed by atoms with van der Waals surface area (Å²) in [5.41, 5.74) is 9.24. The van der Waals surface area contributed by atoms with Gasteiger partial charge in [0.1, 0.15) is 0 Å².